The van der Waals surface area contributed by atoms with Gasteiger partial charge in [0.25, 0.3) is 0 Å². The van der Waals surface area contributed by atoms with Crippen LogP contribution in [0.4, 0.5) is 10.5 Å². The normalized spacial score (nSPS) is 15.0. The molecule has 1 aliphatic rings. The molecule has 0 aromatic heterocycles. The summed E-state index contributed by atoms with van der Waals surface area (Å²) in [6.45, 7) is 13.8. The van der Waals surface area contributed by atoms with Gasteiger partial charge < -0.3 is 14.7 Å². The van der Waals surface area contributed by atoms with Crippen molar-refractivity contribution in [3.05, 3.63) is 29.3 Å². The van der Waals surface area contributed by atoms with E-state index in [1.54, 1.807) is 0 Å². The highest BCUT2D eigenvalue weighted by atomic mass is 16.2. The minimum Gasteiger partial charge on any atom is -0.368 e. The van der Waals surface area contributed by atoms with Gasteiger partial charge in [-0.05, 0) is 43.9 Å². The lowest BCUT2D eigenvalue weighted by atomic mass is 10.1. The van der Waals surface area contributed by atoms with Crippen molar-refractivity contribution < 1.29 is 4.79 Å². The van der Waals surface area contributed by atoms with Crippen molar-refractivity contribution in [2.24, 2.45) is 0 Å². The average Bonchev–Trinajstić information content (AvgIpc) is 2.57. The van der Waals surface area contributed by atoms with E-state index < -0.39 is 0 Å². The zero-order valence-corrected chi connectivity index (χ0v) is 15.1. The molecule has 0 spiro atoms. The summed E-state index contributed by atoms with van der Waals surface area (Å²) < 4.78 is 0. The number of anilines is 1. The second-order valence-corrected chi connectivity index (χ2v) is 6.46. The lowest BCUT2D eigenvalue weighted by Crippen LogP contribution is -2.53. The number of benzene rings is 1. The van der Waals surface area contributed by atoms with Crippen molar-refractivity contribution in [1.29, 1.82) is 0 Å². The molecule has 0 N–H and O–H groups in total. The van der Waals surface area contributed by atoms with Crippen LogP contribution in [0.25, 0.3) is 0 Å². The molecule has 1 aromatic rings. The third-order valence-electron chi connectivity index (χ3n) is 4.72. The summed E-state index contributed by atoms with van der Waals surface area (Å²) >= 11 is 0. The van der Waals surface area contributed by atoms with Crippen LogP contribution >= 0.6 is 0 Å². The molecule has 1 heterocycles. The fourth-order valence-corrected chi connectivity index (χ4v) is 3.26. The van der Waals surface area contributed by atoms with Gasteiger partial charge in [0.2, 0.25) is 0 Å². The molecule has 4 heteroatoms. The van der Waals surface area contributed by atoms with Crippen molar-refractivity contribution >= 4 is 11.7 Å². The zero-order chi connectivity index (χ0) is 16.8. The largest absolute Gasteiger partial charge is 0.368 e. The zero-order valence-electron chi connectivity index (χ0n) is 15.1. The van der Waals surface area contributed by atoms with Crippen LogP contribution in [0, 0.1) is 13.8 Å². The second kappa shape index (κ2) is 8.23. The summed E-state index contributed by atoms with van der Waals surface area (Å²) in [5.41, 5.74) is 4.00. The van der Waals surface area contributed by atoms with Gasteiger partial charge in [0.15, 0.2) is 0 Å². The Bertz CT molecular complexity index is 515. The first kappa shape index (κ1) is 17.6. The highest BCUT2D eigenvalue weighted by Gasteiger charge is 2.25. The first-order valence-corrected chi connectivity index (χ1v) is 8.93. The highest BCUT2D eigenvalue weighted by Crippen LogP contribution is 2.24. The van der Waals surface area contributed by atoms with Crippen molar-refractivity contribution in [1.82, 2.24) is 9.80 Å². The molecule has 1 aliphatic heterocycles. The summed E-state index contributed by atoms with van der Waals surface area (Å²) in [4.78, 5) is 19.1. The Morgan fingerprint density at radius 1 is 1.04 bits per heavy atom. The van der Waals surface area contributed by atoms with Gasteiger partial charge >= 0.3 is 6.03 Å². The van der Waals surface area contributed by atoms with Crippen LogP contribution in [0.3, 0.4) is 0 Å². The lowest BCUT2D eigenvalue weighted by molar-refractivity contribution is 0.150. The monoisotopic (exact) mass is 317 g/mol. The van der Waals surface area contributed by atoms with Gasteiger partial charge in [0.05, 0.1) is 0 Å². The third kappa shape index (κ3) is 4.18. The van der Waals surface area contributed by atoms with E-state index in [1.807, 2.05) is 9.80 Å². The molecular weight excluding hydrogens is 286 g/mol. The SMILES string of the molecule is CCCN(CCC)C(=O)N1CCN(c2cccc(C)c2C)CC1. The number of amides is 2. The molecule has 128 valence electrons. The van der Waals surface area contributed by atoms with Crippen LogP contribution in [0.2, 0.25) is 0 Å². The van der Waals surface area contributed by atoms with Gasteiger partial charge in [-0.3, -0.25) is 0 Å². The molecule has 0 aliphatic carbocycles. The highest BCUT2D eigenvalue weighted by molar-refractivity contribution is 5.75. The van der Waals surface area contributed by atoms with Gasteiger partial charge in [0.1, 0.15) is 0 Å². The Hall–Kier alpha value is -1.71. The summed E-state index contributed by atoms with van der Waals surface area (Å²) in [5.74, 6) is 0. The van der Waals surface area contributed by atoms with Gasteiger partial charge in [0, 0.05) is 45.0 Å². The van der Waals surface area contributed by atoms with Gasteiger partial charge in [-0.25, -0.2) is 4.79 Å². The maximum absolute atomic E-state index is 12.7. The minimum atomic E-state index is 0.217. The van der Waals surface area contributed by atoms with Crippen LogP contribution < -0.4 is 4.90 Å². The fraction of sp³-hybridized carbons (Fsp3) is 0.632. The predicted molar refractivity (Wildman–Crippen MR) is 97.3 cm³/mol. The molecule has 0 unspecified atom stereocenters. The van der Waals surface area contributed by atoms with E-state index in [1.165, 1.54) is 16.8 Å². The molecule has 1 saturated heterocycles. The fourth-order valence-electron chi connectivity index (χ4n) is 3.26. The number of urea groups is 1. The van der Waals surface area contributed by atoms with Gasteiger partial charge in [-0.1, -0.05) is 26.0 Å². The summed E-state index contributed by atoms with van der Waals surface area (Å²) in [6, 6.07) is 6.69. The van der Waals surface area contributed by atoms with Gasteiger partial charge in [-0.15, -0.1) is 0 Å². The number of nitrogens with zero attached hydrogens (tertiary/aromatic N) is 3. The number of aryl methyl sites for hydroxylation is 1. The van der Waals surface area contributed by atoms with Crippen LogP contribution in [-0.4, -0.2) is 55.1 Å². The predicted octanol–water partition coefficient (Wildman–Crippen LogP) is 3.67. The molecule has 0 atom stereocenters. The molecule has 2 rings (SSSR count). The molecule has 0 radical (unpaired) electrons. The molecule has 1 fully saturated rings. The Kier molecular flexibility index (Phi) is 6.31. The van der Waals surface area contributed by atoms with Crippen molar-refractivity contribution in [2.45, 2.75) is 40.5 Å². The van der Waals surface area contributed by atoms with Crippen molar-refractivity contribution in [2.75, 3.05) is 44.2 Å². The van der Waals surface area contributed by atoms with Crippen molar-refractivity contribution in [3.8, 4) is 0 Å². The van der Waals surface area contributed by atoms with Crippen LogP contribution in [0.15, 0.2) is 18.2 Å². The Morgan fingerprint density at radius 2 is 1.65 bits per heavy atom. The molecular formula is C19H31N3O. The van der Waals surface area contributed by atoms with Gasteiger partial charge in [-0.2, -0.15) is 0 Å². The lowest BCUT2D eigenvalue weighted by Gasteiger charge is -2.39. The number of carbonyl (C=O) groups is 1. The van der Waals surface area contributed by atoms with Crippen LogP contribution in [0.1, 0.15) is 37.8 Å². The minimum absolute atomic E-state index is 0.217. The standard InChI is InChI=1S/C19H31N3O/c1-5-10-21(11-6-2)19(23)22-14-12-20(13-15-22)18-9-7-8-16(3)17(18)4/h7-9H,5-6,10-15H2,1-4H3. The Balaban J connectivity index is 1.97. The Morgan fingerprint density at radius 3 is 2.22 bits per heavy atom. The van der Waals surface area contributed by atoms with Crippen molar-refractivity contribution in [3.63, 3.8) is 0 Å². The maximum Gasteiger partial charge on any atom is 0.320 e. The molecule has 4 nitrogen and oxygen atoms in total. The summed E-state index contributed by atoms with van der Waals surface area (Å²) in [5, 5.41) is 0. The molecule has 0 saturated carbocycles. The number of hydrogen-bond acceptors (Lipinski definition) is 2. The molecule has 0 bridgehead atoms. The topological polar surface area (TPSA) is 26.8 Å². The van der Waals surface area contributed by atoms with E-state index in [4.69, 9.17) is 0 Å². The van der Waals surface area contributed by atoms with Crippen LogP contribution in [0.5, 0.6) is 0 Å². The van der Waals surface area contributed by atoms with E-state index in [0.717, 1.165) is 52.1 Å². The summed E-state index contributed by atoms with van der Waals surface area (Å²) in [7, 11) is 0. The number of carbonyl (C=O) groups excluding carboxylic acids is 1. The number of rotatable bonds is 5. The first-order chi connectivity index (χ1) is 11.1. The molecule has 2 amide bonds. The first-order valence-electron chi connectivity index (χ1n) is 8.93. The second-order valence-electron chi connectivity index (χ2n) is 6.46. The third-order valence-corrected chi connectivity index (χ3v) is 4.72. The van der Waals surface area contributed by atoms with E-state index in [-0.39, 0.29) is 6.03 Å². The number of piperazine rings is 1. The van der Waals surface area contributed by atoms with E-state index in [0.29, 0.717) is 0 Å². The summed E-state index contributed by atoms with van der Waals surface area (Å²) in [6.07, 6.45) is 2.04. The van der Waals surface area contributed by atoms with E-state index in [2.05, 4.69) is 50.8 Å². The quantitative estimate of drug-likeness (QED) is 0.828. The molecule has 1 aromatic carbocycles. The Labute approximate surface area is 141 Å². The van der Waals surface area contributed by atoms with E-state index >= 15 is 0 Å². The maximum atomic E-state index is 12.7. The average molecular weight is 317 g/mol. The smallest absolute Gasteiger partial charge is 0.320 e. The van der Waals surface area contributed by atoms with Crippen LogP contribution in [-0.2, 0) is 0 Å². The van der Waals surface area contributed by atoms with E-state index in [9.17, 15) is 4.79 Å². The molecule has 23 heavy (non-hydrogen) atoms. The number of hydrogen-bond donors (Lipinski definition) is 0.